The van der Waals surface area contributed by atoms with Crippen LogP contribution in [0.15, 0.2) is 36.9 Å². The summed E-state index contributed by atoms with van der Waals surface area (Å²) >= 11 is 0. The van der Waals surface area contributed by atoms with Crippen molar-refractivity contribution in [3.8, 4) is 0 Å². The van der Waals surface area contributed by atoms with E-state index >= 15 is 0 Å². The van der Waals surface area contributed by atoms with Crippen molar-refractivity contribution in [1.82, 2.24) is 25.3 Å². The number of carbonyl (C=O) groups excluding carboxylic acids is 3. The van der Waals surface area contributed by atoms with Crippen molar-refractivity contribution >= 4 is 40.5 Å². The number of rotatable bonds is 7. The van der Waals surface area contributed by atoms with Crippen LogP contribution in [-0.2, 0) is 14.3 Å². The van der Waals surface area contributed by atoms with Gasteiger partial charge in [-0.2, -0.15) is 0 Å². The molecule has 0 aliphatic heterocycles. The van der Waals surface area contributed by atoms with Gasteiger partial charge in [-0.05, 0) is 19.9 Å². The van der Waals surface area contributed by atoms with Crippen LogP contribution >= 0.6 is 0 Å². The molecule has 13 nitrogen and oxygen atoms in total. The first-order valence-corrected chi connectivity index (χ1v) is 8.97. The van der Waals surface area contributed by atoms with Crippen molar-refractivity contribution in [2.45, 2.75) is 26.0 Å². The van der Waals surface area contributed by atoms with Gasteiger partial charge in [0, 0.05) is 17.7 Å². The highest BCUT2D eigenvalue weighted by Gasteiger charge is 2.25. The molecule has 2 atom stereocenters. The Hall–Kier alpha value is -4.42. The number of ether oxygens (including phenoxy) is 1. The maximum atomic E-state index is 12.3. The Balaban J connectivity index is 1.58. The molecule has 31 heavy (non-hydrogen) atoms. The first-order valence-electron chi connectivity index (χ1n) is 8.97. The molecule has 1 unspecified atom stereocenters. The number of hydrogen-bond acceptors (Lipinski definition) is 9. The molecular formula is C18H17N7O6. The highest BCUT2D eigenvalue weighted by molar-refractivity contribution is 6.00. The van der Waals surface area contributed by atoms with E-state index in [0.29, 0.717) is 11.2 Å². The van der Waals surface area contributed by atoms with Crippen molar-refractivity contribution < 1.29 is 24.0 Å². The van der Waals surface area contributed by atoms with E-state index < -0.39 is 34.9 Å². The van der Waals surface area contributed by atoms with E-state index in [9.17, 15) is 24.5 Å². The number of H-pyrrole nitrogens is 1. The summed E-state index contributed by atoms with van der Waals surface area (Å²) in [6.07, 6.45) is 1.42. The molecule has 2 amide bonds. The van der Waals surface area contributed by atoms with Gasteiger partial charge in [0.2, 0.25) is 0 Å². The maximum Gasteiger partial charge on any atom is 0.329 e. The van der Waals surface area contributed by atoms with E-state index in [2.05, 4.69) is 30.6 Å². The second-order valence-electron chi connectivity index (χ2n) is 6.39. The Bertz CT molecular complexity index is 1160. The summed E-state index contributed by atoms with van der Waals surface area (Å²) in [4.78, 5) is 61.7. The van der Waals surface area contributed by atoms with Gasteiger partial charge in [-0.3, -0.25) is 19.7 Å². The number of benzene rings is 1. The van der Waals surface area contributed by atoms with E-state index in [0.717, 1.165) is 6.07 Å². The Morgan fingerprint density at radius 2 is 1.97 bits per heavy atom. The number of non-ortho nitro benzene ring substituents is 1. The minimum Gasteiger partial charge on any atom is -0.451 e. The zero-order chi connectivity index (χ0) is 22.5. The lowest BCUT2D eigenvalue weighted by atomic mass is 10.2. The molecule has 0 saturated carbocycles. The number of nitro benzene ring substituents is 1. The number of anilines is 1. The molecule has 3 rings (SSSR count). The Morgan fingerprint density at radius 1 is 1.19 bits per heavy atom. The molecule has 3 N–H and O–H groups in total. The van der Waals surface area contributed by atoms with E-state index in [1.807, 2.05) is 0 Å². The van der Waals surface area contributed by atoms with Crippen LogP contribution < -0.4 is 10.6 Å². The van der Waals surface area contributed by atoms with Crippen LogP contribution in [0.5, 0.6) is 0 Å². The second-order valence-corrected chi connectivity index (χ2v) is 6.39. The molecular weight excluding hydrogens is 410 g/mol. The smallest absolute Gasteiger partial charge is 0.329 e. The zero-order valence-corrected chi connectivity index (χ0v) is 16.4. The van der Waals surface area contributed by atoms with Gasteiger partial charge in [-0.15, -0.1) is 0 Å². The number of nitrogens with zero attached hydrogens (tertiary/aromatic N) is 4. The van der Waals surface area contributed by atoms with Crippen molar-refractivity contribution in [2.24, 2.45) is 0 Å². The lowest BCUT2D eigenvalue weighted by Crippen LogP contribution is -2.42. The van der Waals surface area contributed by atoms with Gasteiger partial charge in [-0.1, -0.05) is 6.07 Å². The van der Waals surface area contributed by atoms with Gasteiger partial charge in [0.05, 0.1) is 11.3 Å². The number of imidazole rings is 1. The van der Waals surface area contributed by atoms with Crippen LogP contribution in [0.2, 0.25) is 0 Å². The molecule has 2 aromatic heterocycles. The number of amides is 2. The maximum absolute atomic E-state index is 12.3. The summed E-state index contributed by atoms with van der Waals surface area (Å²) in [6, 6.07) is 3.94. The van der Waals surface area contributed by atoms with Gasteiger partial charge in [0.25, 0.3) is 17.5 Å². The number of aromatic nitrogens is 4. The van der Waals surface area contributed by atoms with E-state index in [1.165, 1.54) is 44.7 Å². The van der Waals surface area contributed by atoms with Gasteiger partial charge in [0.1, 0.15) is 17.9 Å². The fourth-order valence-electron chi connectivity index (χ4n) is 2.51. The van der Waals surface area contributed by atoms with Gasteiger partial charge < -0.3 is 20.4 Å². The number of hydrogen-bond donors (Lipinski definition) is 3. The lowest BCUT2D eigenvalue weighted by molar-refractivity contribution is -0.384. The van der Waals surface area contributed by atoms with Crippen molar-refractivity contribution in [3.63, 3.8) is 0 Å². The topological polar surface area (TPSA) is 182 Å². The van der Waals surface area contributed by atoms with Crippen molar-refractivity contribution in [2.75, 3.05) is 5.32 Å². The quantitative estimate of drug-likeness (QED) is 0.281. The lowest BCUT2D eigenvalue weighted by Gasteiger charge is -2.17. The fourth-order valence-corrected chi connectivity index (χ4v) is 2.51. The molecule has 0 spiro atoms. The van der Waals surface area contributed by atoms with E-state index in [1.54, 1.807) is 0 Å². The number of carbonyl (C=O) groups is 3. The molecule has 0 fully saturated rings. The molecule has 0 saturated heterocycles. The van der Waals surface area contributed by atoms with E-state index in [-0.39, 0.29) is 17.1 Å². The number of nitro groups is 1. The van der Waals surface area contributed by atoms with Crippen LogP contribution in [-0.4, -0.2) is 54.8 Å². The monoisotopic (exact) mass is 427 g/mol. The average molecular weight is 427 g/mol. The third-order valence-electron chi connectivity index (χ3n) is 4.15. The van der Waals surface area contributed by atoms with Crippen LogP contribution in [0.4, 0.5) is 11.5 Å². The van der Waals surface area contributed by atoms with Gasteiger partial charge in [-0.25, -0.2) is 19.7 Å². The second kappa shape index (κ2) is 8.94. The van der Waals surface area contributed by atoms with Gasteiger partial charge >= 0.3 is 5.97 Å². The molecule has 0 aliphatic rings. The zero-order valence-electron chi connectivity index (χ0n) is 16.4. The number of fused-ring (bicyclic) bond motifs is 1. The SMILES string of the molecule is CC(OC(=O)[C@H](C)NC(=O)c1cccc([N+](=O)[O-])c1)C(=O)Nc1ncnc2nc[nH]c12. The number of esters is 1. The predicted octanol–water partition coefficient (Wildman–Crippen LogP) is 0.950. The van der Waals surface area contributed by atoms with Crippen molar-refractivity contribution in [3.05, 3.63) is 52.6 Å². The third kappa shape index (κ3) is 4.95. The molecule has 3 aromatic rings. The summed E-state index contributed by atoms with van der Waals surface area (Å²) < 4.78 is 5.10. The third-order valence-corrected chi connectivity index (χ3v) is 4.15. The molecule has 1 aromatic carbocycles. The Morgan fingerprint density at radius 3 is 2.71 bits per heavy atom. The number of aromatic amines is 1. The largest absolute Gasteiger partial charge is 0.451 e. The standard InChI is InChI=1S/C18H17N7O6/c1-9(23-17(27)11-4-3-5-12(6-11)25(29)30)18(28)31-10(2)16(26)24-15-13-14(20-7-19-13)21-8-22-15/h3-10H,1-2H3,(H,23,27)(H2,19,20,21,22,24,26)/t9-,10?/m0/s1. The normalized spacial score (nSPS) is 12.6. The summed E-state index contributed by atoms with van der Waals surface area (Å²) in [5.41, 5.74) is 0.510. The van der Waals surface area contributed by atoms with Crippen LogP contribution in [0, 0.1) is 10.1 Å². The summed E-state index contributed by atoms with van der Waals surface area (Å²) in [5.74, 6) is -2.05. The van der Waals surface area contributed by atoms with E-state index in [4.69, 9.17) is 4.74 Å². The molecule has 0 aliphatic carbocycles. The molecule has 13 heteroatoms. The molecule has 0 radical (unpaired) electrons. The fraction of sp³-hybridized carbons (Fsp3) is 0.222. The highest BCUT2D eigenvalue weighted by Crippen LogP contribution is 2.15. The summed E-state index contributed by atoms with van der Waals surface area (Å²) in [6.45, 7) is 2.72. The predicted molar refractivity (Wildman–Crippen MR) is 106 cm³/mol. The minimum absolute atomic E-state index is 0.00646. The first-order chi connectivity index (χ1) is 14.8. The average Bonchev–Trinajstić information content (AvgIpc) is 3.23. The van der Waals surface area contributed by atoms with Crippen molar-refractivity contribution in [1.29, 1.82) is 0 Å². The molecule has 0 bridgehead atoms. The first kappa shape index (κ1) is 21.3. The highest BCUT2D eigenvalue weighted by atomic mass is 16.6. The van der Waals surface area contributed by atoms with Crippen LogP contribution in [0.25, 0.3) is 11.2 Å². The molecule has 2 heterocycles. The van der Waals surface area contributed by atoms with Gasteiger partial charge in [0.15, 0.2) is 17.6 Å². The Labute approximate surface area is 174 Å². The Kier molecular flexibility index (Phi) is 6.14. The number of nitrogens with one attached hydrogen (secondary N) is 3. The summed E-state index contributed by atoms with van der Waals surface area (Å²) in [5, 5.41) is 15.7. The minimum atomic E-state index is -1.20. The van der Waals surface area contributed by atoms with Crippen LogP contribution in [0.3, 0.4) is 0 Å². The van der Waals surface area contributed by atoms with Crippen LogP contribution in [0.1, 0.15) is 24.2 Å². The molecule has 160 valence electrons. The summed E-state index contributed by atoms with van der Waals surface area (Å²) in [7, 11) is 0.